The van der Waals surface area contributed by atoms with Gasteiger partial charge in [0.2, 0.25) is 5.91 Å². The molecule has 2 aliphatic rings. The lowest BCUT2D eigenvalue weighted by Crippen LogP contribution is -2.40. The van der Waals surface area contributed by atoms with Gasteiger partial charge in [0.05, 0.1) is 22.7 Å². The minimum Gasteiger partial charge on any atom is -0.354 e. The van der Waals surface area contributed by atoms with Crippen LogP contribution in [-0.4, -0.2) is 29.4 Å². The molecule has 2 fully saturated rings. The highest BCUT2D eigenvalue weighted by atomic mass is 16.2. The minimum absolute atomic E-state index is 0.155. The molecule has 0 radical (unpaired) electrons. The Hall–Kier alpha value is -2.94. The van der Waals surface area contributed by atoms with E-state index in [0.717, 1.165) is 29.3 Å². The van der Waals surface area contributed by atoms with Gasteiger partial charge < -0.3 is 10.6 Å². The summed E-state index contributed by atoms with van der Waals surface area (Å²) >= 11 is 0. The quantitative estimate of drug-likeness (QED) is 0.898. The van der Waals surface area contributed by atoms with Crippen LogP contribution in [0.3, 0.4) is 0 Å². The van der Waals surface area contributed by atoms with Gasteiger partial charge in [-0.2, -0.15) is 5.26 Å². The summed E-state index contributed by atoms with van der Waals surface area (Å²) in [6.45, 7) is 0.579. The highest BCUT2D eigenvalue weighted by Gasteiger charge is 2.28. The second-order valence-corrected chi connectivity index (χ2v) is 6.35. The molecule has 1 saturated heterocycles. The summed E-state index contributed by atoms with van der Waals surface area (Å²) in [6, 6.07) is 7.24. The molecule has 2 N–H and O–H groups in total. The molecule has 2 aromatic rings. The Morgan fingerprint density at radius 3 is 2.79 bits per heavy atom. The second kappa shape index (κ2) is 5.60. The lowest BCUT2D eigenvalue weighted by molar-refractivity contribution is -0.120. The fourth-order valence-corrected chi connectivity index (χ4v) is 3.12. The number of carbonyl (C=O) groups is 2. The number of pyridine rings is 1. The molecule has 1 aromatic heterocycles. The highest BCUT2D eigenvalue weighted by Crippen LogP contribution is 2.42. The molecular weight excluding hydrogens is 304 g/mol. The van der Waals surface area contributed by atoms with Gasteiger partial charge in [-0.05, 0) is 48.9 Å². The third kappa shape index (κ3) is 2.58. The van der Waals surface area contributed by atoms with Crippen molar-refractivity contribution >= 4 is 22.7 Å². The summed E-state index contributed by atoms with van der Waals surface area (Å²) in [7, 11) is 0. The molecule has 2 heterocycles. The Bertz CT molecular complexity index is 896. The van der Waals surface area contributed by atoms with E-state index in [0.29, 0.717) is 30.0 Å². The fraction of sp³-hybridized carbons (Fsp3) is 0.333. The minimum atomic E-state index is -0.486. The number of hydrogen-bond acceptors (Lipinski definition) is 4. The van der Waals surface area contributed by atoms with Crippen LogP contribution in [0.4, 0.5) is 0 Å². The van der Waals surface area contributed by atoms with Crippen molar-refractivity contribution in [3.63, 3.8) is 0 Å². The number of fused-ring (bicyclic) bond motifs is 1. The Morgan fingerprint density at radius 2 is 2.12 bits per heavy atom. The van der Waals surface area contributed by atoms with E-state index < -0.39 is 6.04 Å². The van der Waals surface area contributed by atoms with Gasteiger partial charge in [-0.1, -0.05) is 0 Å². The lowest BCUT2D eigenvalue weighted by atomic mass is 10.00. The maximum atomic E-state index is 12.3. The van der Waals surface area contributed by atoms with Crippen LogP contribution in [0.25, 0.3) is 10.9 Å². The molecule has 1 atom stereocenters. The number of rotatable bonds is 3. The van der Waals surface area contributed by atoms with E-state index in [4.69, 9.17) is 0 Å². The van der Waals surface area contributed by atoms with Crippen molar-refractivity contribution in [1.82, 2.24) is 15.6 Å². The van der Waals surface area contributed by atoms with Crippen molar-refractivity contribution in [3.05, 3.63) is 41.1 Å². The number of amides is 2. The maximum Gasteiger partial charge on any atom is 0.253 e. The van der Waals surface area contributed by atoms with E-state index in [1.165, 1.54) is 6.20 Å². The predicted octanol–water partition coefficient (Wildman–Crippen LogP) is 1.60. The van der Waals surface area contributed by atoms with Gasteiger partial charge in [-0.3, -0.25) is 14.6 Å². The average molecular weight is 320 g/mol. The third-order valence-corrected chi connectivity index (χ3v) is 4.61. The smallest absolute Gasteiger partial charge is 0.253 e. The number of aromatic nitrogens is 1. The molecule has 120 valence electrons. The van der Waals surface area contributed by atoms with Crippen molar-refractivity contribution in [1.29, 1.82) is 5.26 Å². The molecule has 6 nitrogen and oxygen atoms in total. The van der Waals surface area contributed by atoms with E-state index >= 15 is 0 Å². The molecule has 6 heteroatoms. The van der Waals surface area contributed by atoms with Gasteiger partial charge in [-0.25, -0.2) is 0 Å². The van der Waals surface area contributed by atoms with Crippen LogP contribution in [0.1, 0.15) is 46.7 Å². The molecule has 0 spiro atoms. The molecule has 24 heavy (non-hydrogen) atoms. The van der Waals surface area contributed by atoms with Crippen LogP contribution in [0, 0.1) is 11.3 Å². The van der Waals surface area contributed by atoms with E-state index in [1.807, 2.05) is 6.07 Å². The first-order chi connectivity index (χ1) is 11.7. The lowest BCUT2D eigenvalue weighted by Gasteiger charge is -2.11. The third-order valence-electron chi connectivity index (χ3n) is 4.61. The number of nitrogens with one attached hydrogen (secondary N) is 2. The first kappa shape index (κ1) is 14.6. The maximum absolute atomic E-state index is 12.3. The number of nitriles is 1. The van der Waals surface area contributed by atoms with E-state index in [1.54, 1.807) is 12.1 Å². The molecule has 1 aromatic carbocycles. The van der Waals surface area contributed by atoms with E-state index in [-0.39, 0.29) is 11.8 Å². The summed E-state index contributed by atoms with van der Waals surface area (Å²) in [4.78, 5) is 28.3. The van der Waals surface area contributed by atoms with Gasteiger partial charge in [0, 0.05) is 18.1 Å². The summed E-state index contributed by atoms with van der Waals surface area (Å²) in [5, 5.41) is 15.5. The van der Waals surface area contributed by atoms with Crippen LogP contribution in [0.2, 0.25) is 0 Å². The Labute approximate surface area is 138 Å². The van der Waals surface area contributed by atoms with Gasteiger partial charge in [0.25, 0.3) is 5.91 Å². The summed E-state index contributed by atoms with van der Waals surface area (Å²) in [6.07, 6.45) is 4.34. The Kier molecular flexibility index (Phi) is 3.42. The Morgan fingerprint density at radius 1 is 1.29 bits per heavy atom. The van der Waals surface area contributed by atoms with Crippen molar-refractivity contribution in [2.45, 2.75) is 31.2 Å². The molecule has 1 aliphatic carbocycles. The average Bonchev–Trinajstić information content (AvgIpc) is 3.37. The van der Waals surface area contributed by atoms with Crippen molar-refractivity contribution in [2.24, 2.45) is 0 Å². The first-order valence-corrected chi connectivity index (χ1v) is 8.08. The van der Waals surface area contributed by atoms with Gasteiger partial charge in [-0.15, -0.1) is 0 Å². The zero-order valence-electron chi connectivity index (χ0n) is 13.0. The number of benzene rings is 1. The van der Waals surface area contributed by atoms with Crippen LogP contribution >= 0.6 is 0 Å². The highest BCUT2D eigenvalue weighted by molar-refractivity contribution is 6.00. The summed E-state index contributed by atoms with van der Waals surface area (Å²) in [5.74, 6) is -0.0103. The number of hydrogen-bond donors (Lipinski definition) is 2. The normalized spacial score (nSPS) is 19.8. The molecule has 2 amide bonds. The van der Waals surface area contributed by atoms with Gasteiger partial charge in [0.1, 0.15) is 6.04 Å². The summed E-state index contributed by atoms with van der Waals surface area (Å²) in [5.41, 5.74) is 2.88. The van der Waals surface area contributed by atoms with Gasteiger partial charge >= 0.3 is 0 Å². The zero-order valence-corrected chi connectivity index (χ0v) is 13.0. The largest absolute Gasteiger partial charge is 0.354 e. The van der Waals surface area contributed by atoms with Crippen molar-refractivity contribution in [3.8, 4) is 6.07 Å². The van der Waals surface area contributed by atoms with Crippen LogP contribution in [-0.2, 0) is 4.79 Å². The van der Waals surface area contributed by atoms with Crippen LogP contribution in [0.5, 0.6) is 0 Å². The first-order valence-electron chi connectivity index (χ1n) is 8.08. The topological polar surface area (TPSA) is 94.9 Å². The monoisotopic (exact) mass is 320 g/mol. The number of carbonyl (C=O) groups excluding carboxylic acids is 2. The molecular formula is C18H16N4O2. The summed E-state index contributed by atoms with van der Waals surface area (Å²) < 4.78 is 0. The SMILES string of the molecule is N#Cc1cc2cc(C(=O)NC3CCNC3=O)cnc2cc1C1CC1. The predicted molar refractivity (Wildman–Crippen MR) is 87.3 cm³/mol. The second-order valence-electron chi connectivity index (χ2n) is 6.35. The molecule has 1 aliphatic heterocycles. The van der Waals surface area contributed by atoms with E-state index in [2.05, 4.69) is 21.7 Å². The molecule has 0 bridgehead atoms. The van der Waals surface area contributed by atoms with Crippen LogP contribution < -0.4 is 10.6 Å². The molecule has 1 saturated carbocycles. The molecule has 1 unspecified atom stereocenters. The Balaban J connectivity index is 1.65. The van der Waals surface area contributed by atoms with E-state index in [9.17, 15) is 14.9 Å². The van der Waals surface area contributed by atoms with Crippen LogP contribution in [0.15, 0.2) is 24.4 Å². The van der Waals surface area contributed by atoms with Crippen molar-refractivity contribution < 1.29 is 9.59 Å². The van der Waals surface area contributed by atoms with Gasteiger partial charge in [0.15, 0.2) is 0 Å². The van der Waals surface area contributed by atoms with Crippen molar-refractivity contribution in [2.75, 3.05) is 6.54 Å². The molecule has 4 rings (SSSR count). The zero-order chi connectivity index (χ0) is 16.7. The number of nitrogens with zero attached hydrogens (tertiary/aromatic N) is 2. The standard InChI is InChI=1S/C18H16N4O2/c19-8-12-5-11-6-13(17(23)22-15-3-4-20-18(15)24)9-21-16(11)7-14(12)10-1-2-10/h5-7,9-10,15H,1-4H2,(H,20,24)(H,22,23). The fourth-order valence-electron chi connectivity index (χ4n) is 3.12.